The molecule has 18 heavy (non-hydrogen) atoms. The number of sulfone groups is 1. The van der Waals surface area contributed by atoms with Gasteiger partial charge in [0.2, 0.25) is 0 Å². The molecule has 0 spiro atoms. The normalized spacial score (nSPS) is 20.1. The van der Waals surface area contributed by atoms with Crippen molar-refractivity contribution in [3.8, 4) is 5.75 Å². The predicted octanol–water partition coefficient (Wildman–Crippen LogP) is 1.31. The molecule has 1 aliphatic heterocycles. The standard InChI is InChI=1S/C12H16FNO3S/c1-17-11-6-9(8-3-4-14-7-8)5-10(13)12(11)18(2,15)16/h5-6,8,14H,3-4,7H2,1-2H3. The molecule has 0 saturated carbocycles. The second kappa shape index (κ2) is 4.85. The van der Waals surface area contributed by atoms with Gasteiger partial charge in [0.05, 0.1) is 7.11 Å². The molecule has 1 fully saturated rings. The highest BCUT2D eigenvalue weighted by Crippen LogP contribution is 2.33. The van der Waals surface area contributed by atoms with Crippen LogP contribution in [0.5, 0.6) is 5.75 Å². The van der Waals surface area contributed by atoms with Gasteiger partial charge in [0, 0.05) is 12.8 Å². The summed E-state index contributed by atoms with van der Waals surface area (Å²) in [6.45, 7) is 1.67. The third kappa shape index (κ3) is 2.49. The molecule has 4 nitrogen and oxygen atoms in total. The average molecular weight is 273 g/mol. The highest BCUT2D eigenvalue weighted by atomic mass is 32.2. The maximum absolute atomic E-state index is 14.0. The Morgan fingerprint density at radius 3 is 2.67 bits per heavy atom. The van der Waals surface area contributed by atoms with E-state index in [0.717, 1.165) is 31.3 Å². The number of rotatable bonds is 3. The van der Waals surface area contributed by atoms with Crippen LogP contribution in [-0.4, -0.2) is 34.9 Å². The van der Waals surface area contributed by atoms with Crippen molar-refractivity contribution in [2.75, 3.05) is 26.5 Å². The molecule has 6 heteroatoms. The van der Waals surface area contributed by atoms with Gasteiger partial charge >= 0.3 is 0 Å². The van der Waals surface area contributed by atoms with E-state index in [4.69, 9.17) is 4.74 Å². The van der Waals surface area contributed by atoms with E-state index in [1.54, 1.807) is 6.07 Å². The van der Waals surface area contributed by atoms with Gasteiger partial charge in [-0.05, 0) is 36.6 Å². The van der Waals surface area contributed by atoms with Crippen molar-refractivity contribution in [1.29, 1.82) is 0 Å². The summed E-state index contributed by atoms with van der Waals surface area (Å²) in [6.07, 6.45) is 1.89. The zero-order valence-electron chi connectivity index (χ0n) is 10.4. The predicted molar refractivity (Wildman–Crippen MR) is 66.3 cm³/mol. The molecule has 1 saturated heterocycles. The van der Waals surface area contributed by atoms with Gasteiger partial charge in [-0.25, -0.2) is 12.8 Å². The molecule has 1 N–H and O–H groups in total. The number of benzene rings is 1. The zero-order valence-corrected chi connectivity index (χ0v) is 11.2. The molecule has 0 amide bonds. The van der Waals surface area contributed by atoms with Crippen LogP contribution in [0.15, 0.2) is 17.0 Å². The summed E-state index contributed by atoms with van der Waals surface area (Å²) in [6, 6.07) is 2.92. The molecule has 0 bridgehead atoms. The van der Waals surface area contributed by atoms with Crippen molar-refractivity contribution in [1.82, 2.24) is 5.32 Å². The minimum Gasteiger partial charge on any atom is -0.495 e. The van der Waals surface area contributed by atoms with Gasteiger partial charge in [0.1, 0.15) is 16.5 Å². The lowest BCUT2D eigenvalue weighted by atomic mass is 9.98. The monoisotopic (exact) mass is 273 g/mol. The van der Waals surface area contributed by atoms with Crippen LogP contribution in [0.4, 0.5) is 4.39 Å². The first-order valence-electron chi connectivity index (χ1n) is 5.71. The fraction of sp³-hybridized carbons (Fsp3) is 0.500. The largest absolute Gasteiger partial charge is 0.495 e. The van der Waals surface area contributed by atoms with Crippen molar-refractivity contribution in [3.63, 3.8) is 0 Å². The molecule has 1 aliphatic rings. The van der Waals surface area contributed by atoms with E-state index < -0.39 is 15.7 Å². The first-order chi connectivity index (χ1) is 8.43. The topological polar surface area (TPSA) is 55.4 Å². The van der Waals surface area contributed by atoms with Crippen LogP contribution in [0.2, 0.25) is 0 Å². The van der Waals surface area contributed by atoms with Gasteiger partial charge in [-0.3, -0.25) is 0 Å². The van der Waals surface area contributed by atoms with Crippen molar-refractivity contribution in [3.05, 3.63) is 23.5 Å². The number of nitrogens with one attached hydrogen (secondary N) is 1. The number of hydrogen-bond donors (Lipinski definition) is 1. The molecular formula is C12H16FNO3S. The van der Waals surface area contributed by atoms with E-state index in [1.165, 1.54) is 13.2 Å². The second-order valence-electron chi connectivity index (χ2n) is 4.50. The average Bonchev–Trinajstić information content (AvgIpc) is 2.79. The van der Waals surface area contributed by atoms with Crippen LogP contribution in [0.25, 0.3) is 0 Å². The third-order valence-corrected chi connectivity index (χ3v) is 4.29. The first-order valence-corrected chi connectivity index (χ1v) is 7.61. The Morgan fingerprint density at radius 1 is 1.44 bits per heavy atom. The zero-order chi connectivity index (χ0) is 13.3. The molecule has 1 aromatic carbocycles. The van der Waals surface area contributed by atoms with Gasteiger partial charge in [0.25, 0.3) is 0 Å². The van der Waals surface area contributed by atoms with Crippen LogP contribution in [0.1, 0.15) is 17.9 Å². The lowest BCUT2D eigenvalue weighted by Crippen LogP contribution is -2.10. The molecule has 1 heterocycles. The SMILES string of the molecule is COc1cc(C2CCNC2)cc(F)c1S(C)(=O)=O. The number of halogens is 1. The fourth-order valence-electron chi connectivity index (χ4n) is 2.27. The maximum atomic E-state index is 14.0. The van der Waals surface area contributed by atoms with E-state index >= 15 is 0 Å². The van der Waals surface area contributed by atoms with Crippen molar-refractivity contribution in [2.45, 2.75) is 17.2 Å². The summed E-state index contributed by atoms with van der Waals surface area (Å²) in [7, 11) is -2.28. The molecule has 1 aromatic rings. The Kier molecular flexibility index (Phi) is 3.59. The Hall–Kier alpha value is -1.14. The van der Waals surface area contributed by atoms with Crippen LogP contribution in [0, 0.1) is 5.82 Å². The molecular weight excluding hydrogens is 257 g/mol. The summed E-state index contributed by atoms with van der Waals surface area (Å²) in [5.74, 6) is -0.444. The summed E-state index contributed by atoms with van der Waals surface area (Å²) in [5, 5.41) is 3.19. The fourth-order valence-corrected chi connectivity index (χ4v) is 3.20. The lowest BCUT2D eigenvalue weighted by Gasteiger charge is -2.14. The van der Waals surface area contributed by atoms with E-state index in [0.29, 0.717) is 0 Å². The Balaban J connectivity index is 2.52. The van der Waals surface area contributed by atoms with Crippen LogP contribution in [0.3, 0.4) is 0 Å². The van der Waals surface area contributed by atoms with Gasteiger partial charge in [-0.1, -0.05) is 0 Å². The highest BCUT2D eigenvalue weighted by Gasteiger charge is 2.24. The van der Waals surface area contributed by atoms with E-state index in [2.05, 4.69) is 5.32 Å². The Labute approximate surface area is 106 Å². The second-order valence-corrected chi connectivity index (χ2v) is 6.45. The van der Waals surface area contributed by atoms with Crippen LogP contribution in [-0.2, 0) is 9.84 Å². The number of methoxy groups -OCH3 is 1. The summed E-state index contributed by atoms with van der Waals surface area (Å²) < 4.78 is 42.0. The smallest absolute Gasteiger partial charge is 0.182 e. The van der Waals surface area contributed by atoms with E-state index in [-0.39, 0.29) is 16.6 Å². The first kappa shape index (κ1) is 13.3. The minimum atomic E-state index is -3.63. The molecule has 0 aliphatic carbocycles. The maximum Gasteiger partial charge on any atom is 0.182 e. The molecule has 2 rings (SSSR count). The Morgan fingerprint density at radius 2 is 2.17 bits per heavy atom. The minimum absolute atomic E-state index is 0.0828. The van der Waals surface area contributed by atoms with Gasteiger partial charge < -0.3 is 10.1 Å². The van der Waals surface area contributed by atoms with Crippen molar-refractivity contribution < 1.29 is 17.5 Å². The van der Waals surface area contributed by atoms with Crippen LogP contribution < -0.4 is 10.1 Å². The van der Waals surface area contributed by atoms with E-state index in [9.17, 15) is 12.8 Å². The van der Waals surface area contributed by atoms with Gasteiger partial charge in [-0.2, -0.15) is 0 Å². The summed E-state index contributed by atoms with van der Waals surface area (Å²) in [4.78, 5) is -0.361. The van der Waals surface area contributed by atoms with Crippen molar-refractivity contribution >= 4 is 9.84 Å². The van der Waals surface area contributed by atoms with Crippen molar-refractivity contribution in [2.24, 2.45) is 0 Å². The highest BCUT2D eigenvalue weighted by molar-refractivity contribution is 7.90. The van der Waals surface area contributed by atoms with Crippen LogP contribution >= 0.6 is 0 Å². The number of ether oxygens (including phenoxy) is 1. The summed E-state index contributed by atoms with van der Waals surface area (Å²) in [5.41, 5.74) is 0.779. The summed E-state index contributed by atoms with van der Waals surface area (Å²) >= 11 is 0. The van der Waals surface area contributed by atoms with Gasteiger partial charge in [0.15, 0.2) is 9.84 Å². The van der Waals surface area contributed by atoms with Gasteiger partial charge in [-0.15, -0.1) is 0 Å². The molecule has 1 atom stereocenters. The lowest BCUT2D eigenvalue weighted by molar-refractivity contribution is 0.393. The molecule has 0 radical (unpaired) electrons. The molecule has 0 aromatic heterocycles. The number of hydrogen-bond acceptors (Lipinski definition) is 4. The quantitative estimate of drug-likeness (QED) is 0.902. The molecule has 1 unspecified atom stereocenters. The molecule has 100 valence electrons. The Bertz CT molecular complexity index is 551. The third-order valence-electron chi connectivity index (χ3n) is 3.15. The van der Waals surface area contributed by atoms with E-state index in [1.807, 2.05) is 0 Å².